The molecule has 0 aromatic heterocycles. The molecule has 17 heavy (non-hydrogen) atoms. The molecule has 0 atom stereocenters. The van der Waals surface area contributed by atoms with Gasteiger partial charge < -0.3 is 10.6 Å². The molecule has 0 radical (unpaired) electrons. The van der Waals surface area contributed by atoms with Crippen LogP contribution in [0.5, 0.6) is 0 Å². The molecule has 0 bridgehead atoms. The van der Waals surface area contributed by atoms with E-state index in [2.05, 4.69) is 10.6 Å². The molecule has 3 nitrogen and oxygen atoms in total. The smallest absolute Gasteiger partial charge is 0.249 e. The number of likely N-dealkylation sites (N-methyl/N-ethyl adjacent to an activating group) is 1. The molecule has 0 fully saturated rings. The van der Waals surface area contributed by atoms with Gasteiger partial charge in [-0.05, 0) is 19.4 Å². The summed E-state index contributed by atoms with van der Waals surface area (Å²) in [6.07, 6.45) is 0.652. The molecule has 0 aliphatic rings. The first-order valence-corrected chi connectivity index (χ1v) is 5.88. The highest BCUT2D eigenvalue weighted by atomic mass is 16.1. The number of carbonyl (C=O) groups is 1. The Hall–Kier alpha value is -1.77. The van der Waals surface area contributed by atoms with E-state index in [1.807, 2.05) is 44.2 Å². The maximum Gasteiger partial charge on any atom is 0.249 e. The summed E-state index contributed by atoms with van der Waals surface area (Å²) in [4.78, 5) is 11.8. The predicted octanol–water partition coefficient (Wildman–Crippen LogP) is 1.86. The zero-order valence-electron chi connectivity index (χ0n) is 10.7. The summed E-state index contributed by atoms with van der Waals surface area (Å²) in [7, 11) is 1.66. The van der Waals surface area contributed by atoms with E-state index in [1.54, 1.807) is 7.05 Å². The van der Waals surface area contributed by atoms with Crippen LogP contribution in [0.2, 0.25) is 0 Å². The molecule has 0 saturated heterocycles. The van der Waals surface area contributed by atoms with Crippen molar-refractivity contribution in [3.05, 3.63) is 47.2 Å². The summed E-state index contributed by atoms with van der Waals surface area (Å²) in [6, 6.07) is 10.0. The normalized spacial score (nSPS) is 11.7. The summed E-state index contributed by atoms with van der Waals surface area (Å²) in [5, 5.41) is 5.89. The topological polar surface area (TPSA) is 41.1 Å². The van der Waals surface area contributed by atoms with Crippen LogP contribution in [0.25, 0.3) is 0 Å². The minimum Gasteiger partial charge on any atom is -0.388 e. The van der Waals surface area contributed by atoms with Gasteiger partial charge >= 0.3 is 0 Å². The van der Waals surface area contributed by atoms with Crippen LogP contribution in [-0.2, 0) is 11.2 Å². The fourth-order valence-electron chi connectivity index (χ4n) is 1.71. The molecular weight excluding hydrogens is 212 g/mol. The molecule has 1 aromatic carbocycles. The predicted molar refractivity (Wildman–Crippen MR) is 70.6 cm³/mol. The first-order valence-electron chi connectivity index (χ1n) is 5.88. The fourth-order valence-corrected chi connectivity index (χ4v) is 1.71. The molecule has 0 spiro atoms. The Balaban J connectivity index is 2.93. The Kier molecular flexibility index (Phi) is 5.27. The van der Waals surface area contributed by atoms with Crippen LogP contribution in [0.4, 0.5) is 0 Å². The van der Waals surface area contributed by atoms with E-state index >= 15 is 0 Å². The standard InChI is InChI=1S/C14H20N2O/c1-4-16-11(2)13(14(17)15-3)10-12-8-6-5-7-9-12/h5-9,16H,4,10H2,1-3H3,(H,15,17)/b13-11-. The van der Waals surface area contributed by atoms with Gasteiger partial charge in [-0.25, -0.2) is 0 Å². The van der Waals surface area contributed by atoms with Gasteiger partial charge in [-0.15, -0.1) is 0 Å². The molecular formula is C14H20N2O. The molecule has 1 aromatic rings. The summed E-state index contributed by atoms with van der Waals surface area (Å²) < 4.78 is 0. The number of allylic oxidation sites excluding steroid dienone is 1. The number of amides is 1. The molecule has 1 amide bonds. The average molecular weight is 232 g/mol. The summed E-state index contributed by atoms with van der Waals surface area (Å²) in [5.74, 6) is -0.0210. The summed E-state index contributed by atoms with van der Waals surface area (Å²) in [5.41, 5.74) is 2.87. The van der Waals surface area contributed by atoms with Crippen LogP contribution in [-0.4, -0.2) is 19.5 Å². The molecule has 2 N–H and O–H groups in total. The monoisotopic (exact) mass is 232 g/mol. The maximum absolute atomic E-state index is 11.8. The Morgan fingerprint density at radius 2 is 1.88 bits per heavy atom. The zero-order valence-corrected chi connectivity index (χ0v) is 10.7. The maximum atomic E-state index is 11.8. The van der Waals surface area contributed by atoms with Crippen LogP contribution < -0.4 is 10.6 Å². The summed E-state index contributed by atoms with van der Waals surface area (Å²) >= 11 is 0. The number of nitrogens with one attached hydrogen (secondary N) is 2. The highest BCUT2D eigenvalue weighted by Crippen LogP contribution is 2.11. The molecule has 3 heteroatoms. The Labute approximate surface area is 103 Å². The highest BCUT2D eigenvalue weighted by Gasteiger charge is 2.11. The average Bonchev–Trinajstić information content (AvgIpc) is 2.36. The minimum atomic E-state index is -0.0210. The van der Waals surface area contributed by atoms with Crippen LogP contribution >= 0.6 is 0 Å². The molecule has 0 saturated carbocycles. The van der Waals surface area contributed by atoms with Crippen molar-refractivity contribution in [2.24, 2.45) is 0 Å². The van der Waals surface area contributed by atoms with Gasteiger partial charge in [0.05, 0.1) is 0 Å². The number of hydrogen-bond acceptors (Lipinski definition) is 2. The number of carbonyl (C=O) groups excluding carboxylic acids is 1. The van der Waals surface area contributed by atoms with Gasteiger partial charge in [-0.2, -0.15) is 0 Å². The van der Waals surface area contributed by atoms with Gasteiger partial charge in [0.15, 0.2) is 0 Å². The first kappa shape index (κ1) is 13.3. The van der Waals surface area contributed by atoms with Crippen molar-refractivity contribution in [3.63, 3.8) is 0 Å². The van der Waals surface area contributed by atoms with Crippen molar-refractivity contribution < 1.29 is 4.79 Å². The van der Waals surface area contributed by atoms with E-state index in [0.717, 1.165) is 23.4 Å². The largest absolute Gasteiger partial charge is 0.388 e. The second kappa shape index (κ2) is 6.74. The lowest BCUT2D eigenvalue weighted by Crippen LogP contribution is -2.25. The Morgan fingerprint density at radius 3 is 2.41 bits per heavy atom. The van der Waals surface area contributed by atoms with E-state index in [9.17, 15) is 4.79 Å². The van der Waals surface area contributed by atoms with E-state index in [0.29, 0.717) is 6.42 Å². The second-order valence-electron chi connectivity index (χ2n) is 3.88. The van der Waals surface area contributed by atoms with E-state index in [-0.39, 0.29) is 5.91 Å². The van der Waals surface area contributed by atoms with E-state index in [4.69, 9.17) is 0 Å². The first-order chi connectivity index (χ1) is 8.19. The lowest BCUT2D eigenvalue weighted by molar-refractivity contribution is -0.117. The SMILES string of the molecule is CCN/C(C)=C(/Cc1ccccc1)C(=O)NC. The van der Waals surface area contributed by atoms with E-state index < -0.39 is 0 Å². The number of benzene rings is 1. The fraction of sp³-hybridized carbons (Fsp3) is 0.357. The number of rotatable bonds is 5. The van der Waals surface area contributed by atoms with Crippen LogP contribution in [0.1, 0.15) is 19.4 Å². The lowest BCUT2D eigenvalue weighted by Gasteiger charge is -2.12. The highest BCUT2D eigenvalue weighted by molar-refractivity contribution is 5.94. The lowest BCUT2D eigenvalue weighted by atomic mass is 10.0. The molecule has 0 unspecified atom stereocenters. The van der Waals surface area contributed by atoms with Crippen molar-refractivity contribution in [2.75, 3.05) is 13.6 Å². The van der Waals surface area contributed by atoms with Crippen LogP contribution in [0.3, 0.4) is 0 Å². The van der Waals surface area contributed by atoms with E-state index in [1.165, 1.54) is 0 Å². The van der Waals surface area contributed by atoms with Crippen molar-refractivity contribution in [2.45, 2.75) is 20.3 Å². The van der Waals surface area contributed by atoms with Gasteiger partial charge in [-0.1, -0.05) is 30.3 Å². The second-order valence-corrected chi connectivity index (χ2v) is 3.88. The van der Waals surface area contributed by atoms with Crippen molar-refractivity contribution >= 4 is 5.91 Å². The van der Waals surface area contributed by atoms with Gasteiger partial charge in [0.1, 0.15) is 0 Å². The zero-order chi connectivity index (χ0) is 12.7. The molecule has 1 rings (SSSR count). The van der Waals surface area contributed by atoms with Gasteiger partial charge in [0.25, 0.3) is 0 Å². The Bertz CT molecular complexity index is 396. The number of hydrogen-bond donors (Lipinski definition) is 2. The van der Waals surface area contributed by atoms with Gasteiger partial charge in [0, 0.05) is 31.3 Å². The van der Waals surface area contributed by atoms with Gasteiger partial charge in [0.2, 0.25) is 5.91 Å². The third-order valence-corrected chi connectivity index (χ3v) is 2.62. The quantitative estimate of drug-likeness (QED) is 0.761. The van der Waals surface area contributed by atoms with Crippen molar-refractivity contribution in [1.29, 1.82) is 0 Å². The molecule has 0 heterocycles. The minimum absolute atomic E-state index is 0.0210. The van der Waals surface area contributed by atoms with Crippen molar-refractivity contribution in [3.8, 4) is 0 Å². The van der Waals surface area contributed by atoms with Gasteiger partial charge in [-0.3, -0.25) is 4.79 Å². The molecule has 92 valence electrons. The molecule has 0 aliphatic carbocycles. The third kappa shape index (κ3) is 3.94. The van der Waals surface area contributed by atoms with Crippen molar-refractivity contribution in [1.82, 2.24) is 10.6 Å². The Morgan fingerprint density at radius 1 is 1.24 bits per heavy atom. The van der Waals surface area contributed by atoms with Crippen LogP contribution in [0.15, 0.2) is 41.6 Å². The van der Waals surface area contributed by atoms with Crippen LogP contribution in [0, 0.1) is 0 Å². The molecule has 0 aliphatic heterocycles. The third-order valence-electron chi connectivity index (χ3n) is 2.62. The summed E-state index contributed by atoms with van der Waals surface area (Å²) in [6.45, 7) is 4.78.